The zero-order valence-electron chi connectivity index (χ0n) is 15.1. The molecule has 1 unspecified atom stereocenters. The molecule has 0 aliphatic rings. The maximum Gasteiger partial charge on any atom is 0.429 e. The van der Waals surface area contributed by atoms with Crippen LogP contribution in [0.4, 0.5) is 9.59 Å². The van der Waals surface area contributed by atoms with Crippen molar-refractivity contribution in [2.45, 2.75) is 41.5 Å². The Morgan fingerprint density at radius 2 is 1.04 bits per heavy atom. The Balaban J connectivity index is 4.75. The number of carbonyl (C=O) groups is 2. The van der Waals surface area contributed by atoms with E-state index in [0.717, 1.165) is 0 Å². The summed E-state index contributed by atoms with van der Waals surface area (Å²) in [6.07, 6.45) is 0. The molecule has 0 rings (SSSR count). The van der Waals surface area contributed by atoms with Gasteiger partial charge >= 0.3 is 10.5 Å². The van der Waals surface area contributed by atoms with Crippen LogP contribution in [-0.4, -0.2) is 67.1 Å². The minimum absolute atomic E-state index is 0.0968. The predicted molar refractivity (Wildman–Crippen MR) is 96.4 cm³/mol. The molecule has 0 heterocycles. The quantitative estimate of drug-likeness (QED) is 0.617. The van der Waals surface area contributed by atoms with Crippen molar-refractivity contribution in [3.63, 3.8) is 0 Å². The van der Waals surface area contributed by atoms with Crippen LogP contribution in [0.5, 0.6) is 0 Å². The fourth-order valence-electron chi connectivity index (χ4n) is 2.13. The monoisotopic (exact) mass is 366 g/mol. The highest BCUT2D eigenvalue weighted by molar-refractivity contribution is 8.06. The molecule has 0 radical (unpaired) electrons. The average Bonchev–Trinajstić information content (AvgIpc) is 2.48. The Kier molecular flexibility index (Phi) is 10.2. The summed E-state index contributed by atoms with van der Waals surface area (Å²) in [6, 6.07) is 0. The van der Waals surface area contributed by atoms with Gasteiger partial charge in [0.15, 0.2) is 0 Å². The lowest BCUT2D eigenvalue weighted by atomic mass is 10.0. The van der Waals surface area contributed by atoms with Gasteiger partial charge in [-0.25, -0.2) is 9.59 Å². The molecule has 0 aliphatic heterocycles. The molecule has 0 N–H and O–H groups in total. The average molecular weight is 367 g/mol. The van der Waals surface area contributed by atoms with Crippen LogP contribution in [0.1, 0.15) is 41.5 Å². The Labute approximate surface area is 146 Å². The molecule has 2 amide bonds. The molecule has 8 heteroatoms. The third-order valence-electron chi connectivity index (χ3n) is 3.48. The lowest BCUT2D eigenvalue weighted by molar-refractivity contribution is 0.225. The lowest BCUT2D eigenvalue weighted by Gasteiger charge is -2.28. The fraction of sp³-hybridized carbons (Fsp3) is 0.867. The maximum absolute atomic E-state index is 12.2. The Bertz CT molecular complexity index is 352. The number of carbonyl (C=O) groups excluding carboxylic acids is 2. The molecule has 0 spiro atoms. The topological polar surface area (TPSA) is 86.7 Å². The second-order valence-electron chi connectivity index (χ2n) is 6.02. The van der Waals surface area contributed by atoms with E-state index in [1.54, 1.807) is 13.8 Å². The minimum atomic E-state index is -1.68. The number of hydrogen-bond donors (Lipinski definition) is 0. The van der Waals surface area contributed by atoms with Crippen molar-refractivity contribution < 1.29 is 18.7 Å². The molecule has 0 aliphatic carbocycles. The molecule has 2 atom stereocenters. The Morgan fingerprint density at radius 3 is 1.26 bits per heavy atom. The number of rotatable bonds is 8. The van der Waals surface area contributed by atoms with Crippen molar-refractivity contribution in [3.8, 4) is 0 Å². The largest absolute Gasteiger partial charge is 0.608 e. The third-order valence-corrected chi connectivity index (χ3v) is 6.86. The maximum atomic E-state index is 12.2. The van der Waals surface area contributed by atoms with E-state index in [1.165, 1.54) is 9.80 Å². The van der Waals surface area contributed by atoms with Gasteiger partial charge in [-0.1, -0.05) is 13.8 Å². The molecule has 0 fully saturated rings. The van der Waals surface area contributed by atoms with Gasteiger partial charge in [-0.05, 0) is 27.7 Å². The number of hydrogen-bond acceptors (Lipinski definition) is 4. The van der Waals surface area contributed by atoms with E-state index < -0.39 is 38.2 Å². The normalized spacial score (nSPS) is 14.3. The van der Waals surface area contributed by atoms with E-state index in [-0.39, 0.29) is 11.5 Å². The predicted octanol–water partition coefficient (Wildman–Crippen LogP) is 2.43. The molecule has 0 aromatic heterocycles. The molecule has 0 aromatic rings. The van der Waals surface area contributed by atoms with E-state index in [1.807, 2.05) is 27.7 Å². The van der Waals surface area contributed by atoms with Crippen molar-refractivity contribution >= 4 is 32.8 Å². The summed E-state index contributed by atoms with van der Waals surface area (Å²) in [5.74, 6) is 0.194. The fourth-order valence-corrected chi connectivity index (χ4v) is 5.22. The van der Waals surface area contributed by atoms with Crippen LogP contribution >= 0.6 is 0 Å². The molecular formula is C15H30N2O4S2. The highest BCUT2D eigenvalue weighted by Crippen LogP contribution is 2.23. The SMILES string of the molecule is CCN(CC)C(=O)[S+]([O-])CC(C)(C)C[S@@+]([O-])C(=O)N(CC)CC. The van der Waals surface area contributed by atoms with Crippen LogP contribution in [0.2, 0.25) is 0 Å². The second-order valence-corrected chi connectivity index (χ2v) is 8.68. The van der Waals surface area contributed by atoms with E-state index in [0.29, 0.717) is 26.2 Å². The molecular weight excluding hydrogens is 336 g/mol. The summed E-state index contributed by atoms with van der Waals surface area (Å²) in [7, 11) is 0. The summed E-state index contributed by atoms with van der Waals surface area (Å²) >= 11 is -3.36. The molecule has 0 aromatic carbocycles. The van der Waals surface area contributed by atoms with Gasteiger partial charge in [-0.3, -0.25) is 9.80 Å². The molecule has 23 heavy (non-hydrogen) atoms. The van der Waals surface area contributed by atoms with Crippen LogP contribution in [0.15, 0.2) is 0 Å². The molecule has 0 saturated carbocycles. The summed E-state index contributed by atoms with van der Waals surface area (Å²) < 4.78 is 24.5. The first-order valence-electron chi connectivity index (χ1n) is 7.97. The van der Waals surface area contributed by atoms with Crippen LogP contribution in [0.3, 0.4) is 0 Å². The van der Waals surface area contributed by atoms with Crippen molar-refractivity contribution in [3.05, 3.63) is 0 Å². The molecule has 6 nitrogen and oxygen atoms in total. The first-order chi connectivity index (χ1) is 10.6. The van der Waals surface area contributed by atoms with Crippen molar-refractivity contribution in [1.82, 2.24) is 9.80 Å². The van der Waals surface area contributed by atoms with E-state index in [4.69, 9.17) is 0 Å². The first kappa shape index (κ1) is 22.6. The Morgan fingerprint density at radius 1 is 0.783 bits per heavy atom. The Hall–Kier alpha value is -0.440. The molecule has 0 saturated heterocycles. The van der Waals surface area contributed by atoms with Gasteiger partial charge in [0.25, 0.3) is 0 Å². The van der Waals surface area contributed by atoms with E-state index in [2.05, 4.69) is 0 Å². The summed E-state index contributed by atoms with van der Waals surface area (Å²) in [5, 5.41) is -0.798. The standard InChI is InChI=1S/C15H30N2O4S2/c1-7-16(8-2)13(18)22(20)11-15(5,6)12-23(21)14(19)17(9-3)10-4/h7-12H2,1-6H3/t22-,23?/m1/s1. The second kappa shape index (κ2) is 10.4. The highest BCUT2D eigenvalue weighted by Gasteiger charge is 2.38. The lowest BCUT2D eigenvalue weighted by Crippen LogP contribution is -2.43. The highest BCUT2D eigenvalue weighted by atomic mass is 32.2. The number of amides is 2. The zero-order chi connectivity index (χ0) is 18.2. The van der Waals surface area contributed by atoms with Gasteiger partial charge in [0.05, 0.1) is 5.41 Å². The van der Waals surface area contributed by atoms with Crippen LogP contribution < -0.4 is 0 Å². The van der Waals surface area contributed by atoms with Crippen LogP contribution in [0.25, 0.3) is 0 Å². The van der Waals surface area contributed by atoms with Gasteiger partial charge < -0.3 is 9.11 Å². The van der Waals surface area contributed by atoms with E-state index in [9.17, 15) is 18.7 Å². The van der Waals surface area contributed by atoms with Crippen LogP contribution in [0, 0.1) is 5.41 Å². The first-order valence-corrected chi connectivity index (χ1v) is 10.6. The third kappa shape index (κ3) is 7.32. The van der Waals surface area contributed by atoms with E-state index >= 15 is 0 Å². The van der Waals surface area contributed by atoms with Crippen molar-refractivity contribution in [1.29, 1.82) is 0 Å². The van der Waals surface area contributed by atoms with Gasteiger partial charge in [-0.2, -0.15) is 0 Å². The minimum Gasteiger partial charge on any atom is -0.608 e. The smallest absolute Gasteiger partial charge is 0.429 e. The summed E-state index contributed by atoms with van der Waals surface area (Å²) in [5.41, 5.74) is -0.624. The van der Waals surface area contributed by atoms with Crippen molar-refractivity contribution in [2.24, 2.45) is 5.41 Å². The molecule has 136 valence electrons. The van der Waals surface area contributed by atoms with Gasteiger partial charge in [0, 0.05) is 48.5 Å². The molecule has 0 bridgehead atoms. The zero-order valence-corrected chi connectivity index (χ0v) is 16.7. The summed E-state index contributed by atoms with van der Waals surface area (Å²) in [6.45, 7) is 12.9. The van der Waals surface area contributed by atoms with Crippen LogP contribution in [-0.2, 0) is 22.4 Å². The summed E-state index contributed by atoms with van der Waals surface area (Å²) in [4.78, 5) is 27.2. The van der Waals surface area contributed by atoms with Crippen molar-refractivity contribution in [2.75, 3.05) is 37.7 Å². The van der Waals surface area contributed by atoms with Gasteiger partial charge in [0.1, 0.15) is 11.5 Å². The number of nitrogens with zero attached hydrogens (tertiary/aromatic N) is 2. The van der Waals surface area contributed by atoms with Gasteiger partial charge in [0.2, 0.25) is 0 Å². The van der Waals surface area contributed by atoms with Gasteiger partial charge in [-0.15, -0.1) is 0 Å².